The topological polar surface area (TPSA) is 52.5 Å². The first-order valence-corrected chi connectivity index (χ1v) is 44.3. The van der Waals surface area contributed by atoms with Crippen LogP contribution in [0, 0.1) is 0 Å². The second kappa shape index (κ2) is 29.1. The molecule has 606 valence electrons. The molecule has 0 atom stereocenters. The maximum atomic E-state index is 6.33. The highest BCUT2D eigenvalue weighted by Gasteiger charge is 2.37. The molecule has 0 aliphatic heterocycles. The lowest BCUT2D eigenvalue weighted by molar-refractivity contribution is 0.660. The Hall–Kier alpha value is -16.9. The Bertz CT molecular complexity index is 8940. The molecule has 6 aromatic heterocycles. The van der Waals surface area contributed by atoms with Crippen LogP contribution < -0.4 is 9.80 Å². The molecule has 0 N–H and O–H groups in total. The second-order valence-electron chi connectivity index (χ2n) is 34.6. The smallest absolute Gasteiger partial charge is 0.135 e. The summed E-state index contributed by atoms with van der Waals surface area (Å²) in [7, 11) is 0. The molecule has 0 spiro atoms. The number of fused-ring (bicyclic) bond motifs is 22. The van der Waals surface area contributed by atoms with E-state index in [2.05, 4.69) is 473 Å². The van der Waals surface area contributed by atoms with Crippen LogP contribution in [0.2, 0.25) is 0 Å². The highest BCUT2D eigenvalue weighted by Crippen LogP contribution is 2.54. The number of hydrogen-bond acceptors (Lipinski definition) is 4. The van der Waals surface area contributed by atoms with Gasteiger partial charge >= 0.3 is 0 Å². The third kappa shape index (κ3) is 11.6. The highest BCUT2D eigenvalue weighted by atomic mass is 16.3. The van der Waals surface area contributed by atoms with Crippen molar-refractivity contribution in [1.82, 2.24) is 18.3 Å². The van der Waals surface area contributed by atoms with Gasteiger partial charge in [-0.3, -0.25) is 0 Å². The quantitative estimate of drug-likeness (QED) is 0.122. The second-order valence-corrected chi connectivity index (χ2v) is 34.6. The molecule has 6 heterocycles. The Kier molecular flexibility index (Phi) is 16.6. The number of nitrogens with zero attached hydrogens (tertiary/aromatic N) is 6. The van der Waals surface area contributed by atoms with Crippen LogP contribution in [0.4, 0.5) is 34.1 Å². The molecule has 26 aromatic rings. The average molecular weight is 1650 g/mol. The zero-order valence-corrected chi connectivity index (χ0v) is 70.7. The Labute approximate surface area is 743 Å². The lowest BCUT2D eigenvalue weighted by Gasteiger charge is -2.28. The summed E-state index contributed by atoms with van der Waals surface area (Å²) < 4.78 is 22.2. The lowest BCUT2D eigenvalue weighted by Crippen LogP contribution is -2.16. The van der Waals surface area contributed by atoms with Gasteiger partial charge in [-0.05, 0) is 245 Å². The van der Waals surface area contributed by atoms with Crippen LogP contribution >= 0.6 is 0 Å². The normalized spacial score (nSPS) is 12.5. The van der Waals surface area contributed by atoms with Crippen molar-refractivity contribution >= 4 is 176 Å². The number of aromatic nitrogens is 4. The van der Waals surface area contributed by atoms with Crippen LogP contribution in [0.3, 0.4) is 0 Å². The zero-order valence-electron chi connectivity index (χ0n) is 70.7. The largest absolute Gasteiger partial charge is 0.456 e. The third-order valence-electron chi connectivity index (χ3n) is 27.2. The van der Waals surface area contributed by atoms with Crippen molar-refractivity contribution in [1.29, 1.82) is 0 Å². The minimum Gasteiger partial charge on any atom is -0.456 e. The van der Waals surface area contributed by atoms with Gasteiger partial charge in [-0.1, -0.05) is 263 Å². The molecule has 27 rings (SSSR count). The number of anilines is 6. The molecule has 20 aromatic carbocycles. The molecule has 8 nitrogen and oxygen atoms in total. The van der Waals surface area contributed by atoms with E-state index in [-0.39, 0.29) is 5.41 Å². The Morgan fingerprint density at radius 2 is 0.512 bits per heavy atom. The summed E-state index contributed by atoms with van der Waals surface area (Å²) in [5.74, 6) is 0. The molecule has 1 aliphatic rings. The lowest BCUT2D eigenvalue weighted by atomic mass is 9.81. The van der Waals surface area contributed by atoms with E-state index < -0.39 is 0 Å². The van der Waals surface area contributed by atoms with Gasteiger partial charge in [-0.25, -0.2) is 0 Å². The molecule has 1 aliphatic carbocycles. The molecule has 0 unspecified atom stereocenters. The number of furan rings is 2. The van der Waals surface area contributed by atoms with Crippen molar-refractivity contribution in [2.75, 3.05) is 9.80 Å². The van der Waals surface area contributed by atoms with E-state index in [1.165, 1.54) is 137 Å². The molecular weight excluding hydrogens is 1570 g/mol. The van der Waals surface area contributed by atoms with E-state index in [0.29, 0.717) is 0 Å². The Balaban J connectivity index is 0.000000137. The monoisotopic (exact) mass is 1650 g/mol. The number of para-hydroxylation sites is 10. The van der Waals surface area contributed by atoms with Gasteiger partial charge in [-0.2, -0.15) is 0 Å². The van der Waals surface area contributed by atoms with E-state index in [9.17, 15) is 0 Å². The SMILES string of the molecule is CC1(C)c2cc(-c3ccc4c(c3)c3ccccc3n4-c3ccccc3)ccc2-c2ccc(N(c3ccc(-n4c5ccccc5c5ccccc54)cc3)c3ccc4oc5ccccc5c4c3)cc21.c1ccc(-n2c3ccccc3c3cc(-c4ccc(N(c5ccc6oc7ccccc7c6c5)c5ccc(-n6c7ccccc7c7ccccc76)c6ccccc56)cc4)ccc32)cc1. The van der Waals surface area contributed by atoms with Crippen LogP contribution in [-0.2, 0) is 5.41 Å². The summed E-state index contributed by atoms with van der Waals surface area (Å²) in [6, 6.07) is 163. The predicted octanol–water partition coefficient (Wildman–Crippen LogP) is 33.3. The van der Waals surface area contributed by atoms with Crippen molar-refractivity contribution in [3.8, 4) is 56.1 Å². The van der Waals surface area contributed by atoms with Crippen LogP contribution in [0.1, 0.15) is 25.0 Å². The standard InChI is InChI=1S/C63H43N3O.C58H37N3O/c1-63(2)55-37-41(40-25-34-60-53(36-40)51-18-8-12-22-59(51)65(60)42-14-4-3-5-15-42)24-32-47(55)48-33-30-46(39-56(48)63)64(45-31-35-62-54(38-45)52-19-9-13-23-61(52)67-62)43-26-28-44(29-27-43)66-57-20-10-6-16-49(57)50-17-7-11-21-58(50)66;1-2-14-40(15-3-1)60-51-22-10-8-20-47(51)49-36-39(28-32-56(49)60)38-26-29-41(30-27-38)59(42-31-35-58-50(37-42)48-21-9-13-25-57(48)62-58)54-33-34-55(46-17-5-4-16-45(46)54)61-52-23-11-6-18-43(52)44-19-7-12-24-53(44)61/h3-39H,1-2H3;1-37H. The maximum Gasteiger partial charge on any atom is 0.135 e. The first kappa shape index (κ1) is 73.6. The van der Waals surface area contributed by atoms with E-state index in [4.69, 9.17) is 8.83 Å². The van der Waals surface area contributed by atoms with Crippen LogP contribution in [0.5, 0.6) is 0 Å². The fourth-order valence-electron chi connectivity index (χ4n) is 21.2. The minimum atomic E-state index is -0.249. The molecule has 129 heavy (non-hydrogen) atoms. The van der Waals surface area contributed by atoms with Crippen molar-refractivity contribution in [3.63, 3.8) is 0 Å². The van der Waals surface area contributed by atoms with Crippen molar-refractivity contribution < 1.29 is 8.83 Å². The van der Waals surface area contributed by atoms with Crippen molar-refractivity contribution in [2.24, 2.45) is 0 Å². The number of hydrogen-bond donors (Lipinski definition) is 0. The van der Waals surface area contributed by atoms with Crippen LogP contribution in [0.25, 0.3) is 198 Å². The van der Waals surface area contributed by atoms with Gasteiger partial charge in [-0.15, -0.1) is 0 Å². The summed E-state index contributed by atoms with van der Waals surface area (Å²) in [6.45, 7) is 4.77. The van der Waals surface area contributed by atoms with Crippen LogP contribution in [-0.4, -0.2) is 18.3 Å². The summed E-state index contributed by atoms with van der Waals surface area (Å²) in [4.78, 5) is 4.81. The Morgan fingerprint density at radius 1 is 0.194 bits per heavy atom. The van der Waals surface area contributed by atoms with Crippen LogP contribution in [0.15, 0.2) is 458 Å². The first-order valence-electron chi connectivity index (χ1n) is 44.3. The number of rotatable bonds is 12. The van der Waals surface area contributed by atoms with Gasteiger partial charge in [0, 0.05) is 126 Å². The van der Waals surface area contributed by atoms with Gasteiger partial charge in [0.1, 0.15) is 22.3 Å². The van der Waals surface area contributed by atoms with Crippen molar-refractivity contribution in [3.05, 3.63) is 460 Å². The molecule has 0 radical (unpaired) electrons. The summed E-state index contributed by atoms with van der Waals surface area (Å²) in [5, 5.41) is 16.8. The fraction of sp³-hybridized carbons (Fsp3) is 0.0248. The van der Waals surface area contributed by atoms with Gasteiger partial charge < -0.3 is 36.9 Å². The molecule has 0 bridgehead atoms. The van der Waals surface area contributed by atoms with Gasteiger partial charge in [0.2, 0.25) is 0 Å². The molecular formula is C121H80N6O2. The zero-order chi connectivity index (χ0) is 85.1. The predicted molar refractivity (Wildman–Crippen MR) is 540 cm³/mol. The molecule has 0 fully saturated rings. The number of benzene rings is 20. The molecule has 0 saturated carbocycles. The van der Waals surface area contributed by atoms with Gasteiger partial charge in [0.05, 0.1) is 55.5 Å². The molecule has 8 heteroatoms. The first-order chi connectivity index (χ1) is 63.7. The fourth-order valence-corrected chi connectivity index (χ4v) is 21.2. The van der Waals surface area contributed by atoms with E-state index in [0.717, 1.165) is 106 Å². The average Bonchev–Trinajstić information content (AvgIpc) is 1.57. The summed E-state index contributed by atoms with van der Waals surface area (Å²) in [6.07, 6.45) is 0. The maximum absolute atomic E-state index is 6.33. The highest BCUT2D eigenvalue weighted by molar-refractivity contribution is 6.16. The van der Waals surface area contributed by atoms with E-state index in [1.54, 1.807) is 0 Å². The van der Waals surface area contributed by atoms with Gasteiger partial charge in [0.15, 0.2) is 0 Å². The summed E-state index contributed by atoms with van der Waals surface area (Å²) >= 11 is 0. The Morgan fingerprint density at radius 3 is 1.01 bits per heavy atom. The van der Waals surface area contributed by atoms with Gasteiger partial charge in [0.25, 0.3) is 0 Å². The molecule has 0 amide bonds. The minimum absolute atomic E-state index is 0.249. The molecule has 0 saturated heterocycles. The van der Waals surface area contributed by atoms with Crippen molar-refractivity contribution in [2.45, 2.75) is 19.3 Å². The third-order valence-corrected chi connectivity index (χ3v) is 27.2. The summed E-state index contributed by atoms with van der Waals surface area (Å²) in [5.41, 5.74) is 34.0. The van der Waals surface area contributed by atoms with E-state index in [1.807, 2.05) is 18.2 Å². The van der Waals surface area contributed by atoms with E-state index >= 15 is 0 Å².